The summed E-state index contributed by atoms with van der Waals surface area (Å²) in [6.45, 7) is 3.49. The lowest BCUT2D eigenvalue weighted by Crippen LogP contribution is -2.71. The first-order valence-corrected chi connectivity index (χ1v) is 17.7. The summed E-state index contributed by atoms with van der Waals surface area (Å²) < 4.78 is 16.4. The van der Waals surface area contributed by atoms with Crippen LogP contribution < -0.4 is 0 Å². The van der Waals surface area contributed by atoms with Gasteiger partial charge in [-0.3, -0.25) is 19.2 Å². The molecule has 48 heavy (non-hydrogen) atoms. The molecule has 276 valence electrons. The zero-order valence-electron chi connectivity index (χ0n) is 26.0. The summed E-state index contributed by atoms with van der Waals surface area (Å²) in [6.07, 6.45) is 3.12. The van der Waals surface area contributed by atoms with Gasteiger partial charge >= 0.3 is 11.9 Å². The summed E-state index contributed by atoms with van der Waals surface area (Å²) in [7, 11) is 0. The number of alkyl halides is 3. The second kappa shape index (κ2) is 14.7. The average molecular weight is 763 g/mol. The van der Waals surface area contributed by atoms with Crippen LogP contribution in [0.2, 0.25) is 0 Å². The number of fused-ring (bicyclic) bond motifs is 3. The van der Waals surface area contributed by atoms with Gasteiger partial charge in [-0.05, 0) is 52.4 Å². The van der Waals surface area contributed by atoms with Crippen molar-refractivity contribution >= 4 is 70.7 Å². The monoisotopic (exact) mass is 760 g/mol. The van der Waals surface area contributed by atoms with E-state index in [1.54, 1.807) is 13.8 Å². The van der Waals surface area contributed by atoms with Crippen molar-refractivity contribution in [2.75, 3.05) is 11.8 Å². The van der Waals surface area contributed by atoms with Crippen molar-refractivity contribution in [1.29, 1.82) is 0 Å². The third kappa shape index (κ3) is 5.66. The lowest BCUT2D eigenvalue weighted by Gasteiger charge is -2.56. The molecule has 7 fully saturated rings. The maximum atomic E-state index is 12.4. The highest BCUT2D eigenvalue weighted by atomic mass is 35.5. The molecule has 0 aromatic rings. The topological polar surface area (TPSA) is 160 Å². The van der Waals surface area contributed by atoms with E-state index >= 15 is 0 Å². The number of aliphatic hydroxyl groups excluding tert-OH is 3. The number of epoxide rings is 1. The maximum Gasteiger partial charge on any atom is 0.319 e. The number of hydrogen-bond donors (Lipinski definition) is 3. The molecule has 3 heterocycles. The maximum absolute atomic E-state index is 12.4. The van der Waals surface area contributed by atoms with Crippen LogP contribution in [0, 0.1) is 34.5 Å². The smallest absolute Gasteiger partial charge is 0.319 e. The summed E-state index contributed by atoms with van der Waals surface area (Å²) >= 11 is 17.7. The molecule has 0 spiro atoms. The molecule has 14 heteroatoms. The Morgan fingerprint density at radius 1 is 0.771 bits per heavy atom. The minimum Gasteiger partial charge on any atom is -0.457 e. The molecule has 7 aliphatic rings. The standard InChI is InChI=1S/C16H22Cl2O5.C16H21ClO5.2CH4.ClH/c1-15-9(5-6-17)11(19)7-16(15,14(22)23-15)13(21)8-3-2-4-10(18)12(8)20;1-15-9(5-6-17)10(18)7-16(15,14(20)22-15)13(19)8-3-2-4-11-12(8)21-11;;;/h8-10,12-13,20-21H,2-7H2,1H3;8-9,11-13,19H,2-7H2,1H3;2*1H4;1H/t8-,9-,10?,12?,13-,15-,16+;8-,9-,11?,12?,13-,15-,16+;;;/m00.../s1. The summed E-state index contributed by atoms with van der Waals surface area (Å²) in [5, 5.41) is 31.9. The molecule has 7 rings (SSSR count). The van der Waals surface area contributed by atoms with Gasteiger partial charge in [0, 0.05) is 36.4 Å². The summed E-state index contributed by atoms with van der Waals surface area (Å²) in [5.74, 6) is -2.00. The molecule has 3 aliphatic heterocycles. The Morgan fingerprint density at radius 2 is 1.21 bits per heavy atom. The number of ketones is 2. The Bertz CT molecular complexity index is 1250. The van der Waals surface area contributed by atoms with Crippen LogP contribution in [-0.2, 0) is 33.4 Å². The van der Waals surface area contributed by atoms with Crippen molar-refractivity contribution in [2.24, 2.45) is 34.5 Å². The third-order valence-electron chi connectivity index (χ3n) is 12.6. The van der Waals surface area contributed by atoms with Crippen LogP contribution in [0.3, 0.4) is 0 Å². The molecule has 14 atom stereocenters. The van der Waals surface area contributed by atoms with Crippen molar-refractivity contribution in [1.82, 2.24) is 0 Å². The molecule has 0 radical (unpaired) electrons. The van der Waals surface area contributed by atoms with Crippen molar-refractivity contribution in [2.45, 2.75) is 140 Å². The molecule has 0 amide bonds. The van der Waals surface area contributed by atoms with E-state index in [2.05, 4.69) is 0 Å². The van der Waals surface area contributed by atoms with Gasteiger partial charge in [0.05, 0.1) is 47.7 Å². The van der Waals surface area contributed by atoms with E-state index in [-0.39, 0.29) is 75.7 Å². The molecule has 10 nitrogen and oxygen atoms in total. The molecule has 4 saturated carbocycles. The number of ether oxygens (including phenoxy) is 3. The van der Waals surface area contributed by atoms with Gasteiger partial charge in [0.25, 0.3) is 0 Å². The lowest BCUT2D eigenvalue weighted by molar-refractivity contribution is -0.268. The van der Waals surface area contributed by atoms with Crippen LogP contribution in [0.5, 0.6) is 0 Å². The van der Waals surface area contributed by atoms with Gasteiger partial charge in [0.15, 0.2) is 0 Å². The molecule has 4 aliphatic carbocycles. The highest BCUT2D eigenvalue weighted by Gasteiger charge is 2.80. The largest absolute Gasteiger partial charge is 0.457 e. The lowest BCUT2D eigenvalue weighted by atomic mass is 9.59. The van der Waals surface area contributed by atoms with Gasteiger partial charge in [-0.15, -0.1) is 47.2 Å². The Kier molecular flexibility index (Phi) is 12.8. The number of esters is 2. The van der Waals surface area contributed by atoms with Crippen LogP contribution in [0.25, 0.3) is 0 Å². The van der Waals surface area contributed by atoms with Gasteiger partial charge in [-0.2, -0.15) is 0 Å². The quantitative estimate of drug-likeness (QED) is 0.179. The van der Waals surface area contributed by atoms with Gasteiger partial charge in [-0.1, -0.05) is 27.7 Å². The fraction of sp³-hybridized carbons (Fsp3) is 0.882. The number of Topliss-reactive ketones (excluding diaryl/α,β-unsaturated/α-hetero) is 2. The highest BCUT2D eigenvalue weighted by Crippen LogP contribution is 2.65. The van der Waals surface area contributed by atoms with Crippen molar-refractivity contribution in [3.05, 3.63) is 0 Å². The predicted molar refractivity (Wildman–Crippen MR) is 182 cm³/mol. The minimum atomic E-state index is -1.28. The number of aliphatic hydroxyl groups is 3. The third-order valence-corrected chi connectivity index (χ3v) is 13.5. The van der Waals surface area contributed by atoms with Gasteiger partial charge in [-0.25, -0.2) is 0 Å². The van der Waals surface area contributed by atoms with Crippen molar-refractivity contribution < 1.29 is 48.7 Å². The van der Waals surface area contributed by atoms with Crippen LogP contribution >= 0.6 is 47.2 Å². The number of carbonyl (C=O) groups excluding carboxylic acids is 4. The first-order valence-electron chi connectivity index (χ1n) is 16.2. The number of rotatable bonds is 8. The van der Waals surface area contributed by atoms with Gasteiger partial charge in [0.1, 0.15) is 33.6 Å². The number of hydrogen-bond acceptors (Lipinski definition) is 10. The molecule has 0 aromatic heterocycles. The van der Waals surface area contributed by atoms with Crippen LogP contribution in [0.4, 0.5) is 0 Å². The van der Waals surface area contributed by atoms with E-state index in [1.807, 2.05) is 0 Å². The van der Waals surface area contributed by atoms with E-state index in [4.69, 9.17) is 49.0 Å². The fourth-order valence-corrected chi connectivity index (χ4v) is 10.7. The minimum absolute atomic E-state index is 0. The molecule has 3 saturated heterocycles. The van der Waals surface area contributed by atoms with Crippen molar-refractivity contribution in [3.8, 4) is 0 Å². The molecular weight excluding hydrogens is 710 g/mol. The number of carbonyl (C=O) groups is 4. The normalized spacial score (nSPS) is 46.1. The summed E-state index contributed by atoms with van der Waals surface area (Å²) in [4.78, 5) is 49.5. The number of halogens is 4. The first kappa shape index (κ1) is 41.7. The Balaban J connectivity index is 0.000000245. The average Bonchev–Trinajstić information content (AvgIpc) is 3.74. The predicted octanol–water partition coefficient (Wildman–Crippen LogP) is 4.76. The summed E-state index contributed by atoms with van der Waals surface area (Å²) in [6, 6.07) is 0. The molecule has 0 bridgehead atoms. The molecule has 3 N–H and O–H groups in total. The van der Waals surface area contributed by atoms with Crippen molar-refractivity contribution in [3.63, 3.8) is 0 Å². The van der Waals surface area contributed by atoms with Crippen LogP contribution in [0.15, 0.2) is 0 Å². The van der Waals surface area contributed by atoms with Gasteiger partial charge < -0.3 is 29.5 Å². The van der Waals surface area contributed by atoms with E-state index in [0.29, 0.717) is 31.6 Å². The molecular formula is C34H52Cl4O10. The van der Waals surface area contributed by atoms with E-state index in [0.717, 1.165) is 25.7 Å². The second-order valence-corrected chi connectivity index (χ2v) is 15.8. The Morgan fingerprint density at radius 3 is 1.67 bits per heavy atom. The van der Waals surface area contributed by atoms with Gasteiger partial charge in [0.2, 0.25) is 0 Å². The van der Waals surface area contributed by atoms with Crippen LogP contribution in [0.1, 0.15) is 92.9 Å². The zero-order valence-corrected chi connectivity index (χ0v) is 29.1. The Hall–Kier alpha value is -0.720. The van der Waals surface area contributed by atoms with E-state index < -0.39 is 75.4 Å². The fourth-order valence-electron chi connectivity index (χ4n) is 9.92. The first-order chi connectivity index (χ1) is 21.2. The Labute approximate surface area is 304 Å². The molecule has 0 aromatic carbocycles. The highest BCUT2D eigenvalue weighted by molar-refractivity contribution is 6.21. The van der Waals surface area contributed by atoms with Crippen LogP contribution in [-0.4, -0.2) is 97.7 Å². The second-order valence-electron chi connectivity index (χ2n) is 14.5. The van der Waals surface area contributed by atoms with E-state index in [9.17, 15) is 34.5 Å². The molecule has 4 unspecified atom stereocenters. The summed E-state index contributed by atoms with van der Waals surface area (Å²) in [5.41, 5.74) is -4.34. The SMILES string of the molecule is C.C.C[C@@]12OC(=O)[C@]1([C@@H](O)[C@H]1CCCC(Cl)C1O)CC(=O)[C@@H]2CCCl.C[C@@]12OC(=O)[C@]1([C@@H](O)[C@H]1CCCC3OC31)CC(=O)[C@@H]2CCCl.Cl. The van der Waals surface area contributed by atoms with E-state index in [1.165, 1.54) is 0 Å². The zero-order chi connectivity index (χ0) is 32.7.